The SMILES string of the molecule is CNC(CCN(C)CC(C)O)c1ccc(C)c(F)c1. The van der Waals surface area contributed by atoms with Gasteiger partial charge in [0.25, 0.3) is 0 Å². The number of aliphatic hydroxyl groups is 1. The Balaban J connectivity index is 2.60. The number of halogens is 1. The molecule has 1 aromatic carbocycles. The van der Waals surface area contributed by atoms with Crippen molar-refractivity contribution in [2.45, 2.75) is 32.4 Å². The van der Waals surface area contributed by atoms with Crippen LogP contribution in [0.4, 0.5) is 4.39 Å². The van der Waals surface area contributed by atoms with Crippen molar-refractivity contribution < 1.29 is 9.50 Å². The average molecular weight is 268 g/mol. The lowest BCUT2D eigenvalue weighted by molar-refractivity contribution is 0.139. The maximum Gasteiger partial charge on any atom is 0.126 e. The van der Waals surface area contributed by atoms with Crippen LogP contribution < -0.4 is 5.32 Å². The maximum atomic E-state index is 13.6. The van der Waals surface area contributed by atoms with Crippen LogP contribution in [0.1, 0.15) is 30.5 Å². The van der Waals surface area contributed by atoms with E-state index in [1.165, 1.54) is 0 Å². The fraction of sp³-hybridized carbons (Fsp3) is 0.600. The molecule has 0 saturated carbocycles. The molecule has 0 amide bonds. The Morgan fingerprint density at radius 3 is 2.63 bits per heavy atom. The number of rotatable bonds is 7. The van der Waals surface area contributed by atoms with E-state index in [-0.39, 0.29) is 18.0 Å². The van der Waals surface area contributed by atoms with Gasteiger partial charge in [0.05, 0.1) is 6.10 Å². The van der Waals surface area contributed by atoms with Crippen molar-refractivity contribution in [2.24, 2.45) is 0 Å². The summed E-state index contributed by atoms with van der Waals surface area (Å²) in [4.78, 5) is 2.08. The molecule has 0 spiro atoms. The fourth-order valence-corrected chi connectivity index (χ4v) is 2.20. The summed E-state index contributed by atoms with van der Waals surface area (Å²) in [5, 5.41) is 12.5. The Hall–Kier alpha value is -0.970. The molecule has 0 aromatic heterocycles. The fourth-order valence-electron chi connectivity index (χ4n) is 2.20. The highest BCUT2D eigenvalue weighted by molar-refractivity contribution is 5.25. The summed E-state index contributed by atoms with van der Waals surface area (Å²) in [6.45, 7) is 5.05. The molecule has 0 aliphatic heterocycles. The van der Waals surface area contributed by atoms with Gasteiger partial charge < -0.3 is 15.3 Å². The predicted octanol–water partition coefficient (Wildman–Crippen LogP) is 2.10. The minimum Gasteiger partial charge on any atom is -0.392 e. The zero-order valence-corrected chi connectivity index (χ0v) is 12.3. The van der Waals surface area contributed by atoms with Gasteiger partial charge in [-0.2, -0.15) is 0 Å². The van der Waals surface area contributed by atoms with Crippen LogP contribution in [-0.4, -0.2) is 43.3 Å². The molecule has 2 N–H and O–H groups in total. The van der Waals surface area contributed by atoms with E-state index in [0.29, 0.717) is 12.1 Å². The Morgan fingerprint density at radius 1 is 1.42 bits per heavy atom. The molecule has 0 heterocycles. The van der Waals surface area contributed by atoms with Crippen molar-refractivity contribution in [3.63, 3.8) is 0 Å². The second kappa shape index (κ2) is 7.58. The van der Waals surface area contributed by atoms with E-state index in [9.17, 15) is 9.50 Å². The van der Waals surface area contributed by atoms with E-state index in [1.54, 1.807) is 19.9 Å². The van der Waals surface area contributed by atoms with Gasteiger partial charge in [-0.25, -0.2) is 4.39 Å². The second-order valence-electron chi connectivity index (χ2n) is 5.25. The average Bonchev–Trinajstić information content (AvgIpc) is 2.33. The van der Waals surface area contributed by atoms with Gasteiger partial charge in [-0.05, 0) is 58.1 Å². The molecule has 3 nitrogen and oxygen atoms in total. The third kappa shape index (κ3) is 5.27. The monoisotopic (exact) mass is 268 g/mol. The molecule has 0 aliphatic rings. The summed E-state index contributed by atoms with van der Waals surface area (Å²) < 4.78 is 13.6. The van der Waals surface area contributed by atoms with Crippen LogP contribution in [0, 0.1) is 12.7 Å². The number of benzene rings is 1. The van der Waals surface area contributed by atoms with Crippen LogP contribution in [0.25, 0.3) is 0 Å². The second-order valence-corrected chi connectivity index (χ2v) is 5.25. The lowest BCUT2D eigenvalue weighted by atomic mass is 10.0. The summed E-state index contributed by atoms with van der Waals surface area (Å²) in [5.41, 5.74) is 1.64. The van der Waals surface area contributed by atoms with Crippen molar-refractivity contribution >= 4 is 0 Å². The molecule has 0 radical (unpaired) electrons. The lowest BCUT2D eigenvalue weighted by Crippen LogP contribution is -2.30. The number of hydrogen-bond donors (Lipinski definition) is 2. The summed E-state index contributed by atoms with van der Waals surface area (Å²) in [5.74, 6) is -0.157. The lowest BCUT2D eigenvalue weighted by Gasteiger charge is -2.23. The molecule has 108 valence electrons. The molecule has 0 bridgehead atoms. The van der Waals surface area contributed by atoms with Crippen LogP contribution in [0.3, 0.4) is 0 Å². The molecule has 4 heteroatoms. The molecule has 1 aromatic rings. The third-order valence-corrected chi connectivity index (χ3v) is 3.32. The Bertz CT molecular complexity index is 396. The van der Waals surface area contributed by atoms with Gasteiger partial charge >= 0.3 is 0 Å². The molecule has 0 saturated heterocycles. The molecule has 2 atom stereocenters. The van der Waals surface area contributed by atoms with E-state index >= 15 is 0 Å². The largest absolute Gasteiger partial charge is 0.392 e. The normalized spacial score (nSPS) is 14.7. The van der Waals surface area contributed by atoms with E-state index in [2.05, 4.69) is 10.2 Å². The number of likely N-dealkylation sites (N-methyl/N-ethyl adjacent to an activating group) is 1. The minimum absolute atomic E-state index is 0.131. The number of nitrogens with zero attached hydrogens (tertiary/aromatic N) is 1. The third-order valence-electron chi connectivity index (χ3n) is 3.32. The number of aliphatic hydroxyl groups excluding tert-OH is 1. The molecule has 2 unspecified atom stereocenters. The Kier molecular flexibility index (Phi) is 6.42. The topological polar surface area (TPSA) is 35.5 Å². The molecular formula is C15H25FN2O. The molecule has 1 rings (SSSR count). The van der Waals surface area contributed by atoms with E-state index < -0.39 is 0 Å². The summed E-state index contributed by atoms with van der Waals surface area (Å²) in [6.07, 6.45) is 0.553. The van der Waals surface area contributed by atoms with E-state index in [1.807, 2.05) is 26.2 Å². The van der Waals surface area contributed by atoms with Crippen LogP contribution in [0.15, 0.2) is 18.2 Å². The maximum absolute atomic E-state index is 13.6. The van der Waals surface area contributed by atoms with Crippen LogP contribution in [-0.2, 0) is 0 Å². The number of aryl methyl sites for hydroxylation is 1. The quantitative estimate of drug-likeness (QED) is 0.795. The number of hydrogen-bond acceptors (Lipinski definition) is 3. The van der Waals surface area contributed by atoms with Gasteiger partial charge in [-0.15, -0.1) is 0 Å². The van der Waals surface area contributed by atoms with Gasteiger partial charge in [0.2, 0.25) is 0 Å². The van der Waals surface area contributed by atoms with Crippen molar-refractivity contribution in [3.8, 4) is 0 Å². The van der Waals surface area contributed by atoms with E-state index in [4.69, 9.17) is 0 Å². The summed E-state index contributed by atoms with van der Waals surface area (Å²) in [6, 6.07) is 5.51. The van der Waals surface area contributed by atoms with Crippen LogP contribution in [0.2, 0.25) is 0 Å². The standard InChI is InChI=1S/C15H25FN2O/c1-11-5-6-13(9-14(11)16)15(17-3)7-8-18(4)10-12(2)19/h5-6,9,12,15,17,19H,7-8,10H2,1-4H3. The predicted molar refractivity (Wildman–Crippen MR) is 76.7 cm³/mol. The first-order valence-corrected chi connectivity index (χ1v) is 6.74. The minimum atomic E-state index is -0.324. The molecule has 0 fully saturated rings. The van der Waals surface area contributed by atoms with Gasteiger partial charge in [-0.1, -0.05) is 12.1 Å². The summed E-state index contributed by atoms with van der Waals surface area (Å²) >= 11 is 0. The zero-order chi connectivity index (χ0) is 14.4. The first kappa shape index (κ1) is 16.1. The van der Waals surface area contributed by atoms with Crippen molar-refractivity contribution in [1.29, 1.82) is 0 Å². The first-order valence-electron chi connectivity index (χ1n) is 6.74. The molecule has 19 heavy (non-hydrogen) atoms. The van der Waals surface area contributed by atoms with Gasteiger partial charge in [0.1, 0.15) is 5.82 Å². The summed E-state index contributed by atoms with van der Waals surface area (Å²) in [7, 11) is 3.87. The Labute approximate surface area is 115 Å². The van der Waals surface area contributed by atoms with Crippen molar-refractivity contribution in [2.75, 3.05) is 27.2 Å². The highest BCUT2D eigenvalue weighted by Crippen LogP contribution is 2.19. The van der Waals surface area contributed by atoms with Gasteiger partial charge in [-0.3, -0.25) is 0 Å². The smallest absolute Gasteiger partial charge is 0.126 e. The highest BCUT2D eigenvalue weighted by atomic mass is 19.1. The van der Waals surface area contributed by atoms with Gasteiger partial charge in [0, 0.05) is 12.6 Å². The van der Waals surface area contributed by atoms with E-state index in [0.717, 1.165) is 18.5 Å². The molecular weight excluding hydrogens is 243 g/mol. The zero-order valence-electron chi connectivity index (χ0n) is 12.3. The highest BCUT2D eigenvalue weighted by Gasteiger charge is 2.12. The van der Waals surface area contributed by atoms with Crippen LogP contribution >= 0.6 is 0 Å². The van der Waals surface area contributed by atoms with Gasteiger partial charge in [0.15, 0.2) is 0 Å². The van der Waals surface area contributed by atoms with Crippen LogP contribution in [0.5, 0.6) is 0 Å². The molecule has 0 aliphatic carbocycles. The van der Waals surface area contributed by atoms with Crippen molar-refractivity contribution in [1.82, 2.24) is 10.2 Å². The van der Waals surface area contributed by atoms with Crippen molar-refractivity contribution in [3.05, 3.63) is 35.1 Å². The number of nitrogens with one attached hydrogen (secondary N) is 1. The first-order chi connectivity index (χ1) is 8.93. The Morgan fingerprint density at radius 2 is 2.11 bits per heavy atom.